The number of nitrogens with zero attached hydrogens (tertiary/aromatic N) is 2. The van der Waals surface area contributed by atoms with Crippen LogP contribution >= 0.6 is 39.3 Å². The van der Waals surface area contributed by atoms with Gasteiger partial charge in [0.05, 0.1) is 26.7 Å². The Morgan fingerprint density at radius 2 is 1.91 bits per heavy atom. The van der Waals surface area contributed by atoms with E-state index in [2.05, 4.69) is 22.0 Å². The molecule has 0 saturated carbocycles. The molecule has 3 aromatic carbocycles. The van der Waals surface area contributed by atoms with Crippen molar-refractivity contribution in [3.8, 4) is 11.8 Å². The van der Waals surface area contributed by atoms with Crippen LogP contribution in [0.15, 0.2) is 76.1 Å². The standard InChI is InChI=1S/C24H14BrClN2O3S/c25-20-10-15(8-9-21(20)31-14-17-5-2-1-4-16(17)13-27)11-22-23(29)28(24(30)32-22)19-7-3-6-18(26)12-19/h1-12H,14H2/b22-11+. The van der Waals surface area contributed by atoms with Crippen molar-refractivity contribution in [1.29, 1.82) is 5.26 Å². The lowest BCUT2D eigenvalue weighted by atomic mass is 10.1. The molecule has 0 unspecified atom stereocenters. The topological polar surface area (TPSA) is 70.4 Å². The first-order chi connectivity index (χ1) is 15.5. The van der Waals surface area contributed by atoms with E-state index >= 15 is 0 Å². The van der Waals surface area contributed by atoms with Gasteiger partial charge in [0, 0.05) is 10.6 Å². The summed E-state index contributed by atoms with van der Waals surface area (Å²) in [6, 6.07) is 21.4. The predicted molar refractivity (Wildman–Crippen MR) is 130 cm³/mol. The summed E-state index contributed by atoms with van der Waals surface area (Å²) in [5, 5.41) is 9.27. The van der Waals surface area contributed by atoms with Crippen LogP contribution in [0, 0.1) is 11.3 Å². The number of rotatable bonds is 5. The Labute approximate surface area is 202 Å². The molecule has 0 radical (unpaired) electrons. The van der Waals surface area contributed by atoms with Crippen LogP contribution in [0.1, 0.15) is 16.7 Å². The van der Waals surface area contributed by atoms with E-state index in [-0.39, 0.29) is 11.8 Å². The first-order valence-electron chi connectivity index (χ1n) is 9.40. The molecular formula is C24H14BrClN2O3S. The molecule has 5 nitrogen and oxygen atoms in total. The number of carbonyl (C=O) groups excluding carboxylic acids is 2. The molecule has 1 saturated heterocycles. The van der Waals surface area contributed by atoms with Crippen LogP contribution in [-0.2, 0) is 11.4 Å². The zero-order valence-electron chi connectivity index (χ0n) is 16.4. The van der Waals surface area contributed by atoms with Gasteiger partial charge in [0.25, 0.3) is 11.1 Å². The molecule has 32 heavy (non-hydrogen) atoms. The monoisotopic (exact) mass is 524 g/mol. The van der Waals surface area contributed by atoms with Crippen molar-refractivity contribution in [3.63, 3.8) is 0 Å². The number of amides is 2. The summed E-state index contributed by atoms with van der Waals surface area (Å²) in [5.74, 6) is 0.203. The van der Waals surface area contributed by atoms with Crippen LogP contribution in [0.4, 0.5) is 10.5 Å². The van der Waals surface area contributed by atoms with Gasteiger partial charge in [-0.05, 0) is 75.7 Å². The van der Waals surface area contributed by atoms with Crippen molar-refractivity contribution < 1.29 is 14.3 Å². The Balaban J connectivity index is 1.51. The summed E-state index contributed by atoms with van der Waals surface area (Å²) in [7, 11) is 0. The number of thioether (sulfide) groups is 1. The van der Waals surface area contributed by atoms with Crippen molar-refractivity contribution in [2.24, 2.45) is 0 Å². The second-order valence-electron chi connectivity index (χ2n) is 6.74. The fraction of sp³-hybridized carbons (Fsp3) is 0.0417. The van der Waals surface area contributed by atoms with Gasteiger partial charge < -0.3 is 4.74 Å². The van der Waals surface area contributed by atoms with Crippen molar-refractivity contribution in [2.45, 2.75) is 6.61 Å². The van der Waals surface area contributed by atoms with E-state index in [0.29, 0.717) is 31.4 Å². The van der Waals surface area contributed by atoms with Gasteiger partial charge in [-0.3, -0.25) is 9.59 Å². The number of nitriles is 1. The van der Waals surface area contributed by atoms with Gasteiger partial charge in [-0.15, -0.1) is 0 Å². The molecule has 3 aromatic rings. The Hall–Kier alpha value is -3.05. The molecule has 0 spiro atoms. The maximum atomic E-state index is 12.8. The van der Waals surface area contributed by atoms with E-state index < -0.39 is 5.91 Å². The van der Waals surface area contributed by atoms with E-state index in [1.54, 1.807) is 60.7 Å². The summed E-state index contributed by atoms with van der Waals surface area (Å²) < 4.78 is 6.54. The molecule has 0 aromatic heterocycles. The summed E-state index contributed by atoms with van der Waals surface area (Å²) in [5.41, 5.74) is 2.53. The smallest absolute Gasteiger partial charge is 0.298 e. The summed E-state index contributed by atoms with van der Waals surface area (Å²) in [6.07, 6.45) is 1.66. The molecule has 158 valence electrons. The largest absolute Gasteiger partial charge is 0.488 e. The maximum Gasteiger partial charge on any atom is 0.298 e. The average Bonchev–Trinajstić information content (AvgIpc) is 3.06. The minimum absolute atomic E-state index is 0.250. The van der Waals surface area contributed by atoms with Crippen molar-refractivity contribution in [3.05, 3.63) is 97.8 Å². The third kappa shape index (κ3) is 4.73. The van der Waals surface area contributed by atoms with E-state index in [1.807, 2.05) is 12.1 Å². The minimum atomic E-state index is -0.396. The number of ether oxygens (including phenoxy) is 1. The summed E-state index contributed by atoms with van der Waals surface area (Å²) >= 11 is 10.4. The van der Waals surface area contributed by atoms with Gasteiger partial charge in [-0.2, -0.15) is 5.26 Å². The molecule has 8 heteroatoms. The van der Waals surface area contributed by atoms with Crippen LogP contribution in [-0.4, -0.2) is 11.1 Å². The minimum Gasteiger partial charge on any atom is -0.488 e. The number of benzene rings is 3. The van der Waals surface area contributed by atoms with Crippen molar-refractivity contribution >= 4 is 62.2 Å². The highest BCUT2D eigenvalue weighted by Gasteiger charge is 2.36. The Morgan fingerprint density at radius 3 is 2.66 bits per heavy atom. The number of carbonyl (C=O) groups is 2. The van der Waals surface area contributed by atoms with Crippen LogP contribution in [0.2, 0.25) is 5.02 Å². The summed E-state index contributed by atoms with van der Waals surface area (Å²) in [6.45, 7) is 0.250. The molecule has 0 aliphatic carbocycles. The van der Waals surface area contributed by atoms with Crippen LogP contribution in [0.25, 0.3) is 6.08 Å². The first-order valence-corrected chi connectivity index (χ1v) is 11.4. The molecule has 0 bridgehead atoms. The number of halogens is 2. The highest BCUT2D eigenvalue weighted by Crippen LogP contribution is 2.37. The third-order valence-corrected chi connectivity index (χ3v) is 6.36. The fourth-order valence-corrected chi connectivity index (χ4v) is 4.63. The number of hydrogen-bond acceptors (Lipinski definition) is 5. The molecule has 4 rings (SSSR count). The lowest BCUT2D eigenvalue weighted by Gasteiger charge is -2.12. The predicted octanol–water partition coefficient (Wildman–Crippen LogP) is 6.79. The molecule has 0 N–H and O–H groups in total. The Bertz CT molecular complexity index is 1300. The van der Waals surface area contributed by atoms with Crippen LogP contribution in [0.5, 0.6) is 5.75 Å². The lowest BCUT2D eigenvalue weighted by Crippen LogP contribution is -2.27. The molecule has 0 atom stereocenters. The van der Waals surface area contributed by atoms with Crippen molar-refractivity contribution in [1.82, 2.24) is 0 Å². The van der Waals surface area contributed by atoms with Crippen LogP contribution < -0.4 is 9.64 Å². The van der Waals surface area contributed by atoms with Crippen LogP contribution in [0.3, 0.4) is 0 Å². The highest BCUT2D eigenvalue weighted by molar-refractivity contribution is 9.10. The molecule has 1 heterocycles. The highest BCUT2D eigenvalue weighted by atomic mass is 79.9. The van der Waals surface area contributed by atoms with Gasteiger partial charge in [-0.25, -0.2) is 4.90 Å². The number of hydrogen-bond donors (Lipinski definition) is 0. The zero-order chi connectivity index (χ0) is 22.7. The van der Waals surface area contributed by atoms with Gasteiger partial charge in [0.1, 0.15) is 12.4 Å². The second kappa shape index (κ2) is 9.61. The lowest BCUT2D eigenvalue weighted by molar-refractivity contribution is -0.113. The summed E-state index contributed by atoms with van der Waals surface area (Å²) in [4.78, 5) is 26.7. The number of imide groups is 1. The fourth-order valence-electron chi connectivity index (χ4n) is 3.09. The average molecular weight is 526 g/mol. The maximum absolute atomic E-state index is 12.8. The van der Waals surface area contributed by atoms with E-state index in [4.69, 9.17) is 16.3 Å². The van der Waals surface area contributed by atoms with Gasteiger partial charge in [-0.1, -0.05) is 41.9 Å². The van der Waals surface area contributed by atoms with Gasteiger partial charge in [0.2, 0.25) is 0 Å². The molecule has 1 aliphatic rings. The SMILES string of the molecule is N#Cc1ccccc1COc1ccc(/C=C2/SC(=O)N(c3cccc(Cl)c3)C2=O)cc1Br. The van der Waals surface area contributed by atoms with Crippen molar-refractivity contribution in [2.75, 3.05) is 4.90 Å². The zero-order valence-corrected chi connectivity index (χ0v) is 19.6. The quantitative estimate of drug-likeness (QED) is 0.343. The second-order valence-corrected chi connectivity index (χ2v) is 9.03. The first kappa shape index (κ1) is 22.2. The van der Waals surface area contributed by atoms with E-state index in [9.17, 15) is 14.9 Å². The molecule has 1 fully saturated rings. The number of anilines is 1. The molecule has 1 aliphatic heterocycles. The van der Waals surface area contributed by atoms with Gasteiger partial charge in [0.15, 0.2) is 0 Å². The molecular weight excluding hydrogens is 512 g/mol. The Kier molecular flexibility index (Phi) is 6.66. The Morgan fingerprint density at radius 1 is 1.09 bits per heavy atom. The molecule has 2 amide bonds. The van der Waals surface area contributed by atoms with E-state index in [1.165, 1.54) is 0 Å². The van der Waals surface area contributed by atoms with Gasteiger partial charge >= 0.3 is 0 Å². The third-order valence-electron chi connectivity index (χ3n) is 4.63. The van der Waals surface area contributed by atoms with E-state index in [0.717, 1.165) is 27.8 Å². The normalized spacial score (nSPS) is 14.7.